The largest absolute Gasteiger partial charge is 0.379 e. The minimum atomic E-state index is -0.308. The van der Waals surface area contributed by atoms with Crippen LogP contribution in [0, 0.1) is 5.41 Å². The highest BCUT2D eigenvalue weighted by Gasteiger charge is 2.02. The molecule has 2 N–H and O–H groups in total. The summed E-state index contributed by atoms with van der Waals surface area (Å²) < 4.78 is 0. The molecule has 11 heavy (non-hydrogen) atoms. The van der Waals surface area contributed by atoms with E-state index < -0.39 is 0 Å². The molecule has 0 saturated carbocycles. The third-order valence-corrected chi connectivity index (χ3v) is 1.08. The van der Waals surface area contributed by atoms with Crippen molar-refractivity contribution in [1.29, 1.82) is 5.41 Å². The average molecular weight is 170 g/mol. The number of rotatable bonds is 3. The Morgan fingerprint density at radius 3 is 2.91 bits per heavy atom. The molecule has 0 aromatic heterocycles. The van der Waals surface area contributed by atoms with Crippen molar-refractivity contribution in [3.8, 4) is 0 Å². The maximum absolute atomic E-state index is 7.28. The molecular formula is C6H10N4S. The van der Waals surface area contributed by atoms with Gasteiger partial charge in [-0.05, 0) is 19.1 Å². The summed E-state index contributed by atoms with van der Waals surface area (Å²) in [6.45, 7) is 1.73. The molecule has 0 unspecified atom stereocenters. The molecule has 1 atom stereocenters. The first kappa shape index (κ1) is 9.94. The van der Waals surface area contributed by atoms with E-state index in [1.807, 2.05) is 0 Å². The minimum absolute atomic E-state index is 0.164. The smallest absolute Gasteiger partial charge is 0.147 e. The van der Waals surface area contributed by atoms with E-state index in [0.717, 1.165) is 0 Å². The third kappa shape index (κ3) is 4.36. The van der Waals surface area contributed by atoms with E-state index in [1.165, 1.54) is 6.34 Å². The fraction of sp³-hybridized carbons (Fsp3) is 0.500. The number of thiocarbonyl (C=S) groups is 1. The zero-order chi connectivity index (χ0) is 8.69. The first-order valence-electron chi connectivity index (χ1n) is 3.07. The highest BCUT2D eigenvalue weighted by molar-refractivity contribution is 7.78. The Labute approximate surface area is 70.9 Å². The van der Waals surface area contributed by atoms with E-state index in [4.69, 9.17) is 5.41 Å². The zero-order valence-electron chi connectivity index (χ0n) is 6.46. The Morgan fingerprint density at radius 1 is 1.82 bits per heavy atom. The summed E-state index contributed by atoms with van der Waals surface area (Å²) >= 11 is 4.38. The zero-order valence-corrected chi connectivity index (χ0v) is 7.27. The number of hydrogen-bond donors (Lipinski definition) is 2. The van der Waals surface area contributed by atoms with Crippen molar-refractivity contribution >= 4 is 29.6 Å². The number of nitrogens with one attached hydrogen (secondary N) is 2. The van der Waals surface area contributed by atoms with Crippen LogP contribution in [0.15, 0.2) is 9.98 Å². The lowest BCUT2D eigenvalue weighted by atomic mass is 10.3. The van der Waals surface area contributed by atoms with Gasteiger partial charge < -0.3 is 5.32 Å². The van der Waals surface area contributed by atoms with Crippen LogP contribution in [0.3, 0.4) is 0 Å². The van der Waals surface area contributed by atoms with Gasteiger partial charge in [0.1, 0.15) is 11.9 Å². The number of hydrogen-bond acceptors (Lipinski definition) is 3. The van der Waals surface area contributed by atoms with Crippen molar-refractivity contribution in [2.75, 3.05) is 7.05 Å². The lowest BCUT2D eigenvalue weighted by Gasteiger charge is -1.98. The second-order valence-electron chi connectivity index (χ2n) is 1.83. The van der Waals surface area contributed by atoms with Crippen LogP contribution in [0.2, 0.25) is 0 Å². The van der Waals surface area contributed by atoms with E-state index in [-0.39, 0.29) is 11.9 Å². The fourth-order valence-corrected chi connectivity index (χ4v) is 0.540. The number of amidine groups is 1. The Bertz CT molecular complexity index is 205. The van der Waals surface area contributed by atoms with Gasteiger partial charge in [-0.15, -0.1) is 0 Å². The Balaban J connectivity index is 4.02. The third-order valence-electron chi connectivity index (χ3n) is 0.975. The van der Waals surface area contributed by atoms with Crippen LogP contribution in [-0.4, -0.2) is 30.4 Å². The molecule has 0 bridgehead atoms. The molecule has 0 aliphatic heterocycles. The number of aliphatic imine (C=N–C) groups is 2. The van der Waals surface area contributed by atoms with Crippen LogP contribution < -0.4 is 5.32 Å². The minimum Gasteiger partial charge on any atom is -0.379 e. The Morgan fingerprint density at radius 2 is 2.45 bits per heavy atom. The highest BCUT2D eigenvalue weighted by Crippen LogP contribution is 1.90. The van der Waals surface area contributed by atoms with E-state index in [2.05, 4.69) is 32.7 Å². The van der Waals surface area contributed by atoms with Gasteiger partial charge in [0, 0.05) is 7.05 Å². The van der Waals surface area contributed by atoms with Gasteiger partial charge in [-0.2, -0.15) is 0 Å². The quantitative estimate of drug-likeness (QED) is 0.372. The first-order chi connectivity index (χ1) is 5.22. The molecule has 0 aromatic rings. The molecule has 0 spiro atoms. The predicted octanol–water partition coefficient (Wildman–Crippen LogP) is 0.703. The molecule has 0 aromatic carbocycles. The maximum atomic E-state index is 7.28. The van der Waals surface area contributed by atoms with Gasteiger partial charge >= 0.3 is 0 Å². The normalized spacial score (nSPS) is 12.2. The molecule has 4 nitrogen and oxygen atoms in total. The van der Waals surface area contributed by atoms with Gasteiger partial charge in [-0.3, -0.25) is 5.41 Å². The number of nitrogens with zero attached hydrogens (tertiary/aromatic N) is 2. The van der Waals surface area contributed by atoms with Crippen LogP contribution in [0.5, 0.6) is 0 Å². The molecule has 0 aliphatic rings. The maximum Gasteiger partial charge on any atom is 0.147 e. The molecule has 5 heteroatoms. The molecule has 0 amide bonds. The van der Waals surface area contributed by atoms with Crippen LogP contribution in [0.4, 0.5) is 0 Å². The van der Waals surface area contributed by atoms with Gasteiger partial charge in [0.05, 0.1) is 11.5 Å². The standard InChI is InChI=1S/C6H10N4S/c1-5(10-4-11)6(7)9-3-8-2/h3,5H,1-2H3,(H2,7,8,9)/t5-/m1/s1. The highest BCUT2D eigenvalue weighted by atomic mass is 32.1. The molecule has 0 rings (SSSR count). The van der Waals surface area contributed by atoms with Crippen LogP contribution in [0.25, 0.3) is 0 Å². The molecule has 0 heterocycles. The lowest BCUT2D eigenvalue weighted by molar-refractivity contribution is 0.960. The Kier molecular flexibility index (Phi) is 5.15. The second kappa shape index (κ2) is 5.70. The van der Waals surface area contributed by atoms with Crippen molar-refractivity contribution in [3.63, 3.8) is 0 Å². The summed E-state index contributed by atoms with van der Waals surface area (Å²) in [6, 6.07) is -0.308. The molecule has 0 saturated heterocycles. The van der Waals surface area contributed by atoms with Crippen molar-refractivity contribution in [2.24, 2.45) is 9.98 Å². The molecule has 0 fully saturated rings. The van der Waals surface area contributed by atoms with Crippen LogP contribution >= 0.6 is 12.2 Å². The molecule has 60 valence electrons. The summed E-state index contributed by atoms with van der Waals surface area (Å²) in [6.07, 6.45) is 1.43. The average Bonchev–Trinajstić information content (AvgIpc) is 2.00. The molecule has 0 radical (unpaired) electrons. The van der Waals surface area contributed by atoms with Gasteiger partial charge in [0.2, 0.25) is 0 Å². The summed E-state index contributed by atoms with van der Waals surface area (Å²) in [5.74, 6) is 0.164. The van der Waals surface area contributed by atoms with E-state index in [0.29, 0.717) is 0 Å². The van der Waals surface area contributed by atoms with Crippen molar-refractivity contribution in [3.05, 3.63) is 0 Å². The van der Waals surface area contributed by atoms with Crippen molar-refractivity contribution in [1.82, 2.24) is 5.32 Å². The van der Waals surface area contributed by atoms with E-state index >= 15 is 0 Å². The van der Waals surface area contributed by atoms with Gasteiger partial charge in [-0.25, -0.2) is 9.98 Å². The van der Waals surface area contributed by atoms with Crippen molar-refractivity contribution < 1.29 is 0 Å². The van der Waals surface area contributed by atoms with E-state index in [1.54, 1.807) is 14.0 Å². The first-order valence-corrected chi connectivity index (χ1v) is 3.48. The van der Waals surface area contributed by atoms with Crippen LogP contribution in [-0.2, 0) is 0 Å². The topological polar surface area (TPSA) is 60.6 Å². The van der Waals surface area contributed by atoms with Gasteiger partial charge in [-0.1, -0.05) is 0 Å². The van der Waals surface area contributed by atoms with Crippen molar-refractivity contribution in [2.45, 2.75) is 13.0 Å². The molecule has 0 aliphatic carbocycles. The lowest BCUT2D eigenvalue weighted by Crippen LogP contribution is -2.13. The summed E-state index contributed by atoms with van der Waals surface area (Å²) in [5, 5.41) is 12.2. The fourth-order valence-electron chi connectivity index (χ4n) is 0.382. The van der Waals surface area contributed by atoms with Crippen LogP contribution in [0.1, 0.15) is 6.92 Å². The molecular weight excluding hydrogens is 160 g/mol. The van der Waals surface area contributed by atoms with Gasteiger partial charge in [0.25, 0.3) is 0 Å². The monoisotopic (exact) mass is 170 g/mol. The summed E-state index contributed by atoms with van der Waals surface area (Å²) in [4.78, 5) is 7.40. The van der Waals surface area contributed by atoms with E-state index in [9.17, 15) is 0 Å². The summed E-state index contributed by atoms with van der Waals surface area (Å²) in [7, 11) is 1.71. The van der Waals surface area contributed by atoms with Gasteiger partial charge in [0.15, 0.2) is 0 Å². The number of isothiocyanates is 1. The summed E-state index contributed by atoms with van der Waals surface area (Å²) in [5.41, 5.74) is 0. The second-order valence-corrected chi connectivity index (χ2v) is 2.01. The SMILES string of the molecule is CN/C=N\C(=N)[C@@H](C)N=C=S. The predicted molar refractivity (Wildman–Crippen MR) is 49.8 cm³/mol. The Hall–Kier alpha value is -1.06.